The lowest BCUT2D eigenvalue weighted by molar-refractivity contribution is -0.124. The van der Waals surface area contributed by atoms with E-state index in [1.165, 1.54) is 6.42 Å². The van der Waals surface area contributed by atoms with Crippen molar-refractivity contribution in [3.63, 3.8) is 0 Å². The van der Waals surface area contributed by atoms with Crippen LogP contribution in [0.4, 0.5) is 11.6 Å². The molecule has 3 heterocycles. The second-order valence-electron chi connectivity index (χ2n) is 14.6. The first kappa shape index (κ1) is 32.2. The molecule has 47 heavy (non-hydrogen) atoms. The van der Waals surface area contributed by atoms with Crippen LogP contribution in [0.15, 0.2) is 46.2 Å². The minimum atomic E-state index is -0.462. The molecule has 3 aromatic rings. The van der Waals surface area contributed by atoms with Gasteiger partial charge < -0.3 is 25.5 Å². The number of hydrogen-bond donors (Lipinski definition) is 3. The number of rotatable bonds is 6. The number of halogens is 2. The number of nitrogens with one attached hydrogen (secondary N) is 2. The number of aromatic nitrogens is 2. The molecule has 8 rings (SSSR count). The Morgan fingerprint density at radius 3 is 2.57 bits per heavy atom. The van der Waals surface area contributed by atoms with E-state index in [2.05, 4.69) is 31.4 Å². The van der Waals surface area contributed by atoms with Gasteiger partial charge in [0, 0.05) is 48.0 Å². The Balaban J connectivity index is 1.21. The predicted octanol–water partition coefficient (Wildman–Crippen LogP) is 4.79. The van der Waals surface area contributed by atoms with E-state index in [4.69, 9.17) is 33.2 Å². The quantitative estimate of drug-likeness (QED) is 0.254. The van der Waals surface area contributed by atoms with Crippen LogP contribution < -0.4 is 21.1 Å². The molecule has 3 aliphatic carbocycles. The number of fused-ring (bicyclic) bond motifs is 3. The maximum Gasteiger partial charge on any atom is 0.262 e. The number of aliphatic imine (C=N–C) groups is 1. The lowest BCUT2D eigenvalue weighted by atomic mass is 9.45. The zero-order valence-electron chi connectivity index (χ0n) is 27.3. The Morgan fingerprint density at radius 2 is 1.89 bits per heavy atom. The number of aryl methyl sites for hydroxylation is 1. The van der Waals surface area contributed by atoms with Gasteiger partial charge in [0.05, 0.1) is 29.6 Å². The summed E-state index contributed by atoms with van der Waals surface area (Å²) in [6.45, 7) is 11.1. The summed E-state index contributed by atoms with van der Waals surface area (Å²) in [5.74, 6) is 2.91. The van der Waals surface area contributed by atoms with Gasteiger partial charge in [-0.25, -0.2) is 9.98 Å². The maximum absolute atomic E-state index is 14.0. The second kappa shape index (κ2) is 12.3. The summed E-state index contributed by atoms with van der Waals surface area (Å²) in [5, 5.41) is 18.2. The largest absolute Gasteiger partial charge is 0.389 e. The van der Waals surface area contributed by atoms with E-state index in [0.29, 0.717) is 88.6 Å². The molecule has 12 heteroatoms. The first-order valence-electron chi connectivity index (χ1n) is 16.7. The minimum absolute atomic E-state index is 0.00621. The van der Waals surface area contributed by atoms with Gasteiger partial charge in [-0.2, -0.15) is 0 Å². The second-order valence-corrected chi connectivity index (χ2v) is 15.4. The van der Waals surface area contributed by atoms with Crippen molar-refractivity contribution in [3.05, 3.63) is 62.4 Å². The zero-order chi connectivity index (χ0) is 33.2. The van der Waals surface area contributed by atoms with Gasteiger partial charge in [-0.05, 0) is 85.3 Å². The molecule has 0 unspecified atom stereocenters. The summed E-state index contributed by atoms with van der Waals surface area (Å²) in [7, 11) is 0. The van der Waals surface area contributed by atoms with Crippen LogP contribution in [0.3, 0.4) is 0 Å². The van der Waals surface area contributed by atoms with Gasteiger partial charge in [0.15, 0.2) is 5.96 Å². The SMILES string of the molecule is C[C@@H]1[C@@H](/N=C(/Nc2ccc3c(=O)n(CCc4ccc(Cl)cc4Cl)c(N4CC(O)C4)nc3c2)N2CC(=O)N[C@@H](C)C2)C[C@@H]2C[C@H]1C2(C)C. The number of nitrogens with zero attached hydrogens (tertiary/aromatic N) is 5. The van der Waals surface area contributed by atoms with Crippen molar-refractivity contribution in [2.75, 3.05) is 36.4 Å². The molecule has 3 saturated carbocycles. The fourth-order valence-corrected chi connectivity index (χ4v) is 8.68. The molecule has 5 fully saturated rings. The molecule has 10 nitrogen and oxygen atoms in total. The maximum atomic E-state index is 14.0. The molecule has 3 N–H and O–H groups in total. The number of carbonyl (C=O) groups excluding carboxylic acids is 1. The normalized spacial score (nSPS) is 27.3. The van der Waals surface area contributed by atoms with Crippen molar-refractivity contribution < 1.29 is 9.90 Å². The molecule has 1 amide bonds. The third kappa shape index (κ3) is 6.08. The monoisotopic (exact) mass is 679 g/mol. The molecule has 0 radical (unpaired) electrons. The van der Waals surface area contributed by atoms with Crippen LogP contribution >= 0.6 is 23.2 Å². The van der Waals surface area contributed by atoms with Gasteiger partial charge in [-0.1, -0.05) is 50.0 Å². The summed E-state index contributed by atoms with van der Waals surface area (Å²) in [6.07, 6.45) is 2.36. The highest BCUT2D eigenvalue weighted by Crippen LogP contribution is 2.61. The number of anilines is 2. The van der Waals surface area contributed by atoms with Gasteiger partial charge in [-0.3, -0.25) is 14.2 Å². The summed E-state index contributed by atoms with van der Waals surface area (Å²) in [5.41, 5.74) is 2.38. The summed E-state index contributed by atoms with van der Waals surface area (Å²) in [6, 6.07) is 11.1. The number of amides is 1. The van der Waals surface area contributed by atoms with Gasteiger partial charge >= 0.3 is 0 Å². The molecule has 250 valence electrons. The highest BCUT2D eigenvalue weighted by Gasteiger charge is 2.56. The van der Waals surface area contributed by atoms with Gasteiger partial charge in [0.25, 0.3) is 5.56 Å². The van der Waals surface area contributed by atoms with Crippen LogP contribution in [0.25, 0.3) is 10.9 Å². The average Bonchev–Trinajstić information content (AvgIpc) is 2.99. The standard InChI is InChI=1S/C35H43Cl2N7O3/c1-19-15-42(18-31(46)38-19)33(40-29-12-22-11-27(20(29)2)35(22,3)4)39-24-7-8-26-30(14-24)41-34(43-16-25(45)17-43)44(32(26)47)10-9-21-5-6-23(36)13-28(21)37/h5-8,13-14,19-20,22,25,27,29,45H,9-12,15-18H2,1-4H3,(H,38,46)(H,39,40)/t19-,20-,22-,27+,29-/m0/s1. The van der Waals surface area contributed by atoms with E-state index < -0.39 is 6.10 Å². The number of β-amino-alcohol motifs (C(OH)–C–C–N with tert-alkyl or cyclic N) is 1. The Hall–Kier alpha value is -3.34. The molecule has 2 saturated heterocycles. The number of aliphatic hydroxyl groups excluding tert-OH is 1. The number of benzene rings is 2. The highest BCUT2D eigenvalue weighted by atomic mass is 35.5. The predicted molar refractivity (Wildman–Crippen MR) is 188 cm³/mol. The third-order valence-corrected chi connectivity index (χ3v) is 11.7. The highest BCUT2D eigenvalue weighted by molar-refractivity contribution is 6.35. The molecule has 2 bridgehead atoms. The van der Waals surface area contributed by atoms with E-state index in [9.17, 15) is 14.7 Å². The van der Waals surface area contributed by atoms with Crippen molar-refractivity contribution in [1.82, 2.24) is 19.8 Å². The van der Waals surface area contributed by atoms with E-state index >= 15 is 0 Å². The molecule has 2 aliphatic heterocycles. The Labute approximate surface area is 285 Å². The lowest BCUT2D eigenvalue weighted by Gasteiger charge is -2.61. The summed E-state index contributed by atoms with van der Waals surface area (Å²) < 4.78 is 1.67. The molecule has 2 aromatic carbocycles. The summed E-state index contributed by atoms with van der Waals surface area (Å²) >= 11 is 12.5. The topological polar surface area (TPSA) is 115 Å². The van der Waals surface area contributed by atoms with Crippen LogP contribution in [0.2, 0.25) is 10.0 Å². The van der Waals surface area contributed by atoms with Crippen LogP contribution in [0.1, 0.15) is 46.1 Å². The smallest absolute Gasteiger partial charge is 0.262 e. The lowest BCUT2D eigenvalue weighted by Crippen LogP contribution is -2.58. The zero-order valence-corrected chi connectivity index (χ0v) is 28.9. The fraction of sp³-hybridized carbons (Fsp3) is 0.543. The van der Waals surface area contributed by atoms with Gasteiger partial charge in [0.1, 0.15) is 0 Å². The molecular formula is C35H43Cl2N7O3. The molecular weight excluding hydrogens is 637 g/mol. The molecule has 1 aromatic heterocycles. The molecule has 5 aliphatic rings. The third-order valence-electron chi connectivity index (χ3n) is 11.1. The van der Waals surface area contributed by atoms with Crippen molar-refractivity contribution in [2.24, 2.45) is 28.2 Å². The number of hydrogen-bond acceptors (Lipinski definition) is 6. The van der Waals surface area contributed by atoms with Crippen molar-refractivity contribution in [3.8, 4) is 0 Å². The molecule has 0 spiro atoms. The van der Waals surface area contributed by atoms with Crippen molar-refractivity contribution >= 4 is 57.6 Å². The van der Waals surface area contributed by atoms with Crippen LogP contribution in [0.5, 0.6) is 0 Å². The van der Waals surface area contributed by atoms with E-state index in [0.717, 1.165) is 17.7 Å². The number of carbonyl (C=O) groups is 1. The summed E-state index contributed by atoms with van der Waals surface area (Å²) in [4.78, 5) is 40.8. The first-order chi connectivity index (χ1) is 22.4. The number of piperazine rings is 1. The van der Waals surface area contributed by atoms with Gasteiger partial charge in [0.2, 0.25) is 11.9 Å². The fourth-order valence-electron chi connectivity index (χ4n) is 8.17. The minimum Gasteiger partial charge on any atom is -0.389 e. The molecule has 5 atom stereocenters. The van der Waals surface area contributed by atoms with Crippen LogP contribution in [-0.4, -0.2) is 75.8 Å². The van der Waals surface area contributed by atoms with Crippen LogP contribution in [-0.2, 0) is 17.8 Å². The van der Waals surface area contributed by atoms with Crippen LogP contribution in [0, 0.1) is 23.2 Å². The van der Waals surface area contributed by atoms with E-state index in [1.807, 2.05) is 34.9 Å². The number of aliphatic hydroxyl groups is 1. The number of guanidine groups is 1. The van der Waals surface area contributed by atoms with E-state index in [1.54, 1.807) is 22.8 Å². The first-order valence-corrected chi connectivity index (χ1v) is 17.4. The average molecular weight is 681 g/mol. The Morgan fingerprint density at radius 1 is 1.11 bits per heavy atom. The Kier molecular flexibility index (Phi) is 8.42. The Bertz CT molecular complexity index is 1800. The van der Waals surface area contributed by atoms with E-state index in [-0.39, 0.29) is 30.1 Å². The van der Waals surface area contributed by atoms with Crippen molar-refractivity contribution in [1.29, 1.82) is 0 Å². The van der Waals surface area contributed by atoms with Gasteiger partial charge in [-0.15, -0.1) is 0 Å². The van der Waals surface area contributed by atoms with Crippen molar-refractivity contribution in [2.45, 2.75) is 71.7 Å².